The number of piperidine rings is 1. The average molecular weight is 462 g/mol. The Labute approximate surface area is 206 Å². The lowest BCUT2D eigenvalue weighted by Crippen LogP contribution is -2.28. The second-order valence-electron chi connectivity index (χ2n) is 9.65. The minimum atomic E-state index is 0.779. The van der Waals surface area contributed by atoms with Crippen molar-refractivity contribution < 1.29 is 0 Å². The Bertz CT molecular complexity index is 1410. The average Bonchev–Trinajstić information content (AvgIpc) is 3.55. The molecule has 176 valence electrons. The van der Waals surface area contributed by atoms with E-state index in [2.05, 4.69) is 82.3 Å². The molecule has 2 N–H and O–H groups in total. The maximum atomic E-state index is 4.74. The summed E-state index contributed by atoms with van der Waals surface area (Å²) < 4.78 is 2.03. The molecule has 3 aromatic heterocycles. The van der Waals surface area contributed by atoms with E-state index in [1.807, 2.05) is 23.3 Å². The van der Waals surface area contributed by atoms with Crippen LogP contribution in [-0.2, 0) is 19.4 Å². The quantitative estimate of drug-likeness (QED) is 0.318. The van der Waals surface area contributed by atoms with Gasteiger partial charge in [-0.2, -0.15) is 5.10 Å². The summed E-state index contributed by atoms with van der Waals surface area (Å²) in [5.41, 5.74) is 8.30. The van der Waals surface area contributed by atoms with Gasteiger partial charge in [0.2, 0.25) is 0 Å². The van der Waals surface area contributed by atoms with Gasteiger partial charge in [-0.3, -0.25) is 4.68 Å². The first-order chi connectivity index (χ1) is 17.3. The van der Waals surface area contributed by atoms with Gasteiger partial charge in [0.1, 0.15) is 5.65 Å². The van der Waals surface area contributed by atoms with Gasteiger partial charge in [-0.1, -0.05) is 54.6 Å². The van der Waals surface area contributed by atoms with Gasteiger partial charge in [0, 0.05) is 47.2 Å². The molecule has 0 bridgehead atoms. The second kappa shape index (κ2) is 9.88. The topological polar surface area (TPSA) is 58.5 Å². The van der Waals surface area contributed by atoms with E-state index in [9.17, 15) is 0 Å². The van der Waals surface area contributed by atoms with E-state index in [1.165, 1.54) is 29.5 Å². The Balaban J connectivity index is 1.23. The Morgan fingerprint density at radius 1 is 0.857 bits per heavy atom. The van der Waals surface area contributed by atoms with Crippen molar-refractivity contribution in [2.24, 2.45) is 5.92 Å². The maximum Gasteiger partial charge on any atom is 0.137 e. The Morgan fingerprint density at radius 3 is 2.60 bits per heavy atom. The molecule has 35 heavy (non-hydrogen) atoms. The highest BCUT2D eigenvalue weighted by molar-refractivity contribution is 5.95. The van der Waals surface area contributed by atoms with E-state index in [4.69, 9.17) is 4.98 Å². The van der Waals surface area contributed by atoms with E-state index in [0.29, 0.717) is 0 Å². The fourth-order valence-corrected chi connectivity index (χ4v) is 5.21. The van der Waals surface area contributed by atoms with Crippen LogP contribution in [0.25, 0.3) is 33.3 Å². The molecule has 6 rings (SSSR count). The molecule has 5 aromatic rings. The predicted molar refractivity (Wildman–Crippen MR) is 142 cm³/mol. The number of H-pyrrole nitrogens is 1. The zero-order valence-corrected chi connectivity index (χ0v) is 20.0. The Morgan fingerprint density at radius 2 is 1.71 bits per heavy atom. The lowest BCUT2D eigenvalue weighted by Gasteiger charge is -2.22. The van der Waals surface area contributed by atoms with Crippen LogP contribution in [0.4, 0.5) is 0 Å². The first-order valence-electron chi connectivity index (χ1n) is 12.7. The summed E-state index contributed by atoms with van der Waals surface area (Å²) in [5, 5.41) is 9.22. The summed E-state index contributed by atoms with van der Waals surface area (Å²) in [6.07, 6.45) is 12.8. The number of benzene rings is 2. The fraction of sp³-hybridized carbons (Fsp3) is 0.267. The summed E-state index contributed by atoms with van der Waals surface area (Å²) in [5.74, 6) is 0.779. The van der Waals surface area contributed by atoms with Gasteiger partial charge in [0.15, 0.2) is 0 Å². The maximum absolute atomic E-state index is 4.74. The molecular weight excluding hydrogens is 430 g/mol. The van der Waals surface area contributed by atoms with Crippen molar-refractivity contribution >= 4 is 11.0 Å². The fourth-order valence-electron chi connectivity index (χ4n) is 5.21. The molecule has 5 nitrogen and oxygen atoms in total. The van der Waals surface area contributed by atoms with Gasteiger partial charge < -0.3 is 10.3 Å². The van der Waals surface area contributed by atoms with Crippen molar-refractivity contribution in [1.29, 1.82) is 0 Å². The van der Waals surface area contributed by atoms with Gasteiger partial charge >= 0.3 is 0 Å². The number of aryl methyl sites for hydroxylation is 2. The monoisotopic (exact) mass is 461 g/mol. The van der Waals surface area contributed by atoms with Crippen LogP contribution in [0, 0.1) is 5.92 Å². The van der Waals surface area contributed by atoms with E-state index in [0.717, 1.165) is 66.1 Å². The van der Waals surface area contributed by atoms with Gasteiger partial charge in [-0.05, 0) is 67.4 Å². The van der Waals surface area contributed by atoms with Gasteiger partial charge in [0.05, 0.1) is 6.20 Å². The van der Waals surface area contributed by atoms with E-state index >= 15 is 0 Å². The van der Waals surface area contributed by atoms with Crippen LogP contribution >= 0.6 is 0 Å². The van der Waals surface area contributed by atoms with Crippen molar-refractivity contribution in [3.63, 3.8) is 0 Å². The number of aromatic nitrogens is 4. The number of nitrogens with zero attached hydrogens (tertiary/aromatic N) is 3. The van der Waals surface area contributed by atoms with Crippen LogP contribution in [0.15, 0.2) is 85.5 Å². The van der Waals surface area contributed by atoms with Gasteiger partial charge in [0.25, 0.3) is 0 Å². The number of pyridine rings is 1. The predicted octanol–water partition coefficient (Wildman–Crippen LogP) is 5.88. The summed E-state index contributed by atoms with van der Waals surface area (Å²) in [4.78, 5) is 8.08. The minimum absolute atomic E-state index is 0.779. The van der Waals surface area contributed by atoms with Crippen LogP contribution < -0.4 is 5.32 Å². The van der Waals surface area contributed by atoms with E-state index in [1.54, 1.807) is 0 Å². The summed E-state index contributed by atoms with van der Waals surface area (Å²) in [6, 6.07) is 21.8. The molecule has 0 radical (unpaired) electrons. The molecule has 0 unspecified atom stereocenters. The molecule has 0 amide bonds. The molecule has 4 heterocycles. The molecular formula is C30H31N5. The lowest BCUT2D eigenvalue weighted by molar-refractivity contribution is 0.373. The van der Waals surface area contributed by atoms with Crippen molar-refractivity contribution in [1.82, 2.24) is 25.1 Å². The number of nitrogens with one attached hydrogen (secondary N) is 2. The minimum Gasteiger partial charge on any atom is -0.346 e. The molecule has 0 saturated carbocycles. The van der Waals surface area contributed by atoms with Crippen molar-refractivity contribution in [3.8, 4) is 22.3 Å². The highest BCUT2D eigenvalue weighted by atomic mass is 15.3. The molecule has 5 heteroatoms. The molecule has 0 spiro atoms. The third kappa shape index (κ3) is 4.91. The number of fused-ring (bicyclic) bond motifs is 1. The van der Waals surface area contributed by atoms with Crippen molar-refractivity contribution in [3.05, 3.63) is 96.6 Å². The molecule has 1 saturated heterocycles. The van der Waals surface area contributed by atoms with Crippen molar-refractivity contribution in [2.45, 2.75) is 32.2 Å². The first-order valence-corrected chi connectivity index (χ1v) is 12.7. The molecule has 0 aliphatic carbocycles. The van der Waals surface area contributed by atoms with Crippen LogP contribution in [0.5, 0.6) is 0 Å². The Hall–Kier alpha value is -3.70. The Kier molecular flexibility index (Phi) is 6.16. The third-order valence-electron chi connectivity index (χ3n) is 7.19. The normalized spacial score (nSPS) is 14.5. The summed E-state index contributed by atoms with van der Waals surface area (Å²) in [6.45, 7) is 3.15. The van der Waals surface area contributed by atoms with Gasteiger partial charge in [-0.25, -0.2) is 4.98 Å². The van der Waals surface area contributed by atoms with Crippen LogP contribution in [-0.4, -0.2) is 32.8 Å². The smallest absolute Gasteiger partial charge is 0.137 e. The highest BCUT2D eigenvalue weighted by Gasteiger charge is 2.15. The van der Waals surface area contributed by atoms with Crippen LogP contribution in [0.1, 0.15) is 24.0 Å². The summed E-state index contributed by atoms with van der Waals surface area (Å²) in [7, 11) is 0. The standard InChI is InChI=1S/C30H31N5/c1-2-5-22(6-3-1)11-14-35-21-27(19-34-35)29-20-33-30-28(29)17-26(18-32-30)25-8-4-7-24(16-25)15-23-9-12-31-13-10-23/h1-8,16-21,23,31H,9-15H2,(H,32,33). The number of hydrogen-bond acceptors (Lipinski definition) is 3. The largest absolute Gasteiger partial charge is 0.346 e. The molecule has 1 fully saturated rings. The van der Waals surface area contributed by atoms with Crippen LogP contribution in [0.2, 0.25) is 0 Å². The second-order valence-corrected chi connectivity index (χ2v) is 9.65. The number of aromatic amines is 1. The first kappa shape index (κ1) is 21.8. The van der Waals surface area contributed by atoms with Crippen LogP contribution in [0.3, 0.4) is 0 Å². The molecule has 2 aromatic carbocycles. The zero-order valence-electron chi connectivity index (χ0n) is 20.0. The van der Waals surface area contributed by atoms with E-state index < -0.39 is 0 Å². The number of rotatable bonds is 7. The van der Waals surface area contributed by atoms with Crippen molar-refractivity contribution in [2.75, 3.05) is 13.1 Å². The zero-order chi connectivity index (χ0) is 23.5. The molecule has 1 aliphatic heterocycles. The lowest BCUT2D eigenvalue weighted by atomic mass is 9.90. The third-order valence-corrected chi connectivity index (χ3v) is 7.19. The number of hydrogen-bond donors (Lipinski definition) is 2. The van der Waals surface area contributed by atoms with E-state index in [-0.39, 0.29) is 0 Å². The van der Waals surface area contributed by atoms with Gasteiger partial charge in [-0.15, -0.1) is 0 Å². The molecule has 0 atom stereocenters. The SMILES string of the molecule is c1ccc(CCn2cc(-c3c[nH]c4ncc(-c5cccc(CC6CCNCC6)c5)cc34)cn2)cc1. The summed E-state index contributed by atoms with van der Waals surface area (Å²) >= 11 is 0. The molecule has 1 aliphatic rings. The highest BCUT2D eigenvalue weighted by Crippen LogP contribution is 2.31.